The van der Waals surface area contributed by atoms with Gasteiger partial charge in [0, 0.05) is 11.1 Å². The van der Waals surface area contributed by atoms with Crippen molar-refractivity contribution in [3.63, 3.8) is 0 Å². The number of aromatic amines is 1. The van der Waals surface area contributed by atoms with Crippen molar-refractivity contribution < 1.29 is 4.79 Å². The second-order valence-corrected chi connectivity index (χ2v) is 9.10. The molecule has 168 valence electrons. The number of fused-ring (bicyclic) bond motifs is 1. The van der Waals surface area contributed by atoms with Crippen LogP contribution in [0.25, 0.3) is 21.9 Å². The highest BCUT2D eigenvalue weighted by molar-refractivity contribution is 7.15. The van der Waals surface area contributed by atoms with Crippen LogP contribution in [0.15, 0.2) is 43.1 Å². The Morgan fingerprint density at radius 2 is 2.15 bits per heavy atom. The summed E-state index contributed by atoms with van der Waals surface area (Å²) in [5, 5.41) is 18.1. The summed E-state index contributed by atoms with van der Waals surface area (Å²) >= 11 is 1.68. The molecule has 11 heteroatoms. The van der Waals surface area contributed by atoms with Crippen LogP contribution in [-0.4, -0.2) is 45.5 Å². The molecule has 5 heterocycles. The highest BCUT2D eigenvalue weighted by Gasteiger charge is 2.20. The molecule has 0 spiro atoms. The molecule has 33 heavy (non-hydrogen) atoms. The molecule has 0 saturated heterocycles. The summed E-state index contributed by atoms with van der Waals surface area (Å²) in [6.45, 7) is 6.03. The van der Waals surface area contributed by atoms with E-state index < -0.39 is 0 Å². The molecule has 1 atom stereocenters. The number of aromatic nitrogens is 8. The van der Waals surface area contributed by atoms with Crippen molar-refractivity contribution in [3.8, 4) is 16.3 Å². The average Bonchev–Trinajstić information content (AvgIpc) is 3.59. The minimum atomic E-state index is -0.330. The fraction of sp³-hybridized carbons (Fsp3) is 0.273. The molecule has 5 rings (SSSR count). The Balaban J connectivity index is 1.64. The average molecular weight is 462 g/mol. The number of H-pyrrole nitrogens is 1. The lowest BCUT2D eigenvalue weighted by atomic mass is 10.2. The fourth-order valence-electron chi connectivity index (χ4n) is 3.76. The summed E-state index contributed by atoms with van der Waals surface area (Å²) < 4.78 is 3.72. The van der Waals surface area contributed by atoms with Crippen molar-refractivity contribution in [1.29, 1.82) is 0 Å². The maximum absolute atomic E-state index is 13.3. The Morgan fingerprint density at radius 3 is 2.88 bits per heavy atom. The summed E-state index contributed by atoms with van der Waals surface area (Å²) in [5.41, 5.74) is 3.77. The van der Waals surface area contributed by atoms with Crippen LogP contribution in [0.5, 0.6) is 0 Å². The highest BCUT2D eigenvalue weighted by atomic mass is 32.1. The van der Waals surface area contributed by atoms with Crippen LogP contribution in [-0.2, 0) is 6.42 Å². The molecule has 5 aromatic heterocycles. The molecule has 5 aromatic rings. The summed E-state index contributed by atoms with van der Waals surface area (Å²) in [6.07, 6.45) is 8.59. The predicted molar refractivity (Wildman–Crippen MR) is 124 cm³/mol. The number of aryl methyl sites for hydroxylation is 2. The van der Waals surface area contributed by atoms with Crippen LogP contribution < -0.4 is 5.32 Å². The van der Waals surface area contributed by atoms with Gasteiger partial charge in [-0.25, -0.2) is 14.6 Å². The van der Waals surface area contributed by atoms with E-state index in [4.69, 9.17) is 0 Å². The van der Waals surface area contributed by atoms with E-state index in [1.165, 1.54) is 11.2 Å². The molecular formula is C22H23N9OS. The van der Waals surface area contributed by atoms with Gasteiger partial charge in [0.1, 0.15) is 17.8 Å². The van der Waals surface area contributed by atoms with Crippen LogP contribution >= 0.6 is 11.3 Å². The lowest BCUT2D eigenvalue weighted by Crippen LogP contribution is -2.28. The molecule has 1 amide bonds. The maximum atomic E-state index is 13.3. The second kappa shape index (κ2) is 8.58. The first-order valence-corrected chi connectivity index (χ1v) is 11.5. The van der Waals surface area contributed by atoms with Crippen LogP contribution in [0.2, 0.25) is 0 Å². The second-order valence-electron chi connectivity index (χ2n) is 7.81. The molecule has 1 unspecified atom stereocenters. The Morgan fingerprint density at radius 1 is 1.27 bits per heavy atom. The Kier molecular flexibility index (Phi) is 5.47. The third-order valence-electron chi connectivity index (χ3n) is 5.39. The Hall–Kier alpha value is -3.86. The zero-order valence-corrected chi connectivity index (χ0v) is 19.3. The maximum Gasteiger partial charge on any atom is 0.253 e. The number of imidazole rings is 1. The molecule has 0 bridgehead atoms. The Labute approximate surface area is 193 Å². The number of pyridine rings is 1. The smallest absolute Gasteiger partial charge is 0.253 e. The van der Waals surface area contributed by atoms with Crippen molar-refractivity contribution >= 4 is 22.9 Å². The van der Waals surface area contributed by atoms with Crippen molar-refractivity contribution in [1.82, 2.24) is 44.9 Å². The van der Waals surface area contributed by atoms with E-state index in [-0.39, 0.29) is 11.9 Å². The van der Waals surface area contributed by atoms with Gasteiger partial charge in [-0.3, -0.25) is 14.3 Å². The van der Waals surface area contributed by atoms with E-state index in [2.05, 4.69) is 61.8 Å². The first-order valence-electron chi connectivity index (χ1n) is 10.7. The van der Waals surface area contributed by atoms with Gasteiger partial charge in [0.25, 0.3) is 5.91 Å². The van der Waals surface area contributed by atoms with Gasteiger partial charge < -0.3 is 5.32 Å². The molecule has 0 saturated carbocycles. The minimum Gasteiger partial charge on any atom is -0.342 e. The molecule has 0 aliphatic rings. The number of hydrogen-bond acceptors (Lipinski definition) is 7. The number of nitrogens with zero attached hydrogens (tertiary/aromatic N) is 7. The predicted octanol–water partition coefficient (Wildman–Crippen LogP) is 3.51. The fourth-order valence-corrected chi connectivity index (χ4v) is 4.64. The van der Waals surface area contributed by atoms with E-state index >= 15 is 0 Å². The summed E-state index contributed by atoms with van der Waals surface area (Å²) in [7, 11) is 0. The quantitative estimate of drug-likeness (QED) is 0.383. The van der Waals surface area contributed by atoms with Gasteiger partial charge in [0.15, 0.2) is 5.65 Å². The van der Waals surface area contributed by atoms with Gasteiger partial charge in [-0.15, -0.1) is 16.4 Å². The van der Waals surface area contributed by atoms with E-state index in [1.54, 1.807) is 22.2 Å². The van der Waals surface area contributed by atoms with Crippen molar-refractivity contribution in [2.24, 2.45) is 0 Å². The number of nitrogens with one attached hydrogen (secondary N) is 2. The Bertz CT molecular complexity index is 1410. The topological polar surface area (TPSA) is 119 Å². The first-order chi connectivity index (χ1) is 16.0. The lowest BCUT2D eigenvalue weighted by Gasteiger charge is -2.14. The monoisotopic (exact) mass is 461 g/mol. The molecular weight excluding hydrogens is 438 g/mol. The summed E-state index contributed by atoms with van der Waals surface area (Å²) in [6, 6.07) is 5.62. The number of hydrogen-bond donors (Lipinski definition) is 2. The highest BCUT2D eigenvalue weighted by Crippen LogP contribution is 2.30. The molecule has 0 aliphatic carbocycles. The van der Waals surface area contributed by atoms with E-state index in [0.717, 1.165) is 29.1 Å². The number of carbonyl (C=O) groups is 1. The van der Waals surface area contributed by atoms with Crippen molar-refractivity contribution in [2.45, 2.75) is 39.7 Å². The molecule has 10 nitrogen and oxygen atoms in total. The van der Waals surface area contributed by atoms with Crippen LogP contribution in [0.3, 0.4) is 0 Å². The van der Waals surface area contributed by atoms with E-state index in [9.17, 15) is 4.79 Å². The largest absolute Gasteiger partial charge is 0.342 e. The van der Waals surface area contributed by atoms with Gasteiger partial charge in [-0.05, 0) is 38.5 Å². The van der Waals surface area contributed by atoms with Crippen LogP contribution in [0.4, 0.5) is 0 Å². The van der Waals surface area contributed by atoms with Gasteiger partial charge in [-0.2, -0.15) is 5.10 Å². The number of amides is 1. The van der Waals surface area contributed by atoms with Gasteiger partial charge >= 0.3 is 0 Å². The zero-order valence-electron chi connectivity index (χ0n) is 18.5. The molecule has 0 radical (unpaired) electrons. The standard InChI is InChI=1S/C22H23N9OS/c1-4-5-16-9-25-29-31(16)17-8-15(22(32)27-14(3)20-24-12-26-28-20)11-30-18(10-23-21(17)30)19-7-6-13(2)33-19/h6-12,14H,4-5H2,1-3H3,(H,27,32)(H,24,26,28). The van der Waals surface area contributed by atoms with Crippen molar-refractivity contribution in [2.75, 3.05) is 0 Å². The minimum absolute atomic E-state index is 0.235. The van der Waals surface area contributed by atoms with Gasteiger partial charge in [0.05, 0.1) is 40.3 Å². The van der Waals surface area contributed by atoms with Crippen molar-refractivity contribution in [3.05, 3.63) is 65.1 Å². The molecule has 2 N–H and O–H groups in total. The van der Waals surface area contributed by atoms with Crippen LogP contribution in [0.1, 0.15) is 53.1 Å². The van der Waals surface area contributed by atoms with E-state index in [1.807, 2.05) is 29.8 Å². The lowest BCUT2D eigenvalue weighted by molar-refractivity contribution is 0.0938. The third-order valence-corrected chi connectivity index (χ3v) is 6.41. The summed E-state index contributed by atoms with van der Waals surface area (Å²) in [5.74, 6) is 0.352. The molecule has 0 aromatic carbocycles. The SMILES string of the molecule is CCCc1cnnn1-c1cc(C(=O)NC(C)c2ncn[nH]2)cn2c(-c3ccc(C)s3)cnc12. The number of rotatable bonds is 7. The number of thiophene rings is 1. The first kappa shape index (κ1) is 21.0. The third kappa shape index (κ3) is 3.91. The van der Waals surface area contributed by atoms with Crippen LogP contribution in [0, 0.1) is 6.92 Å². The zero-order chi connectivity index (χ0) is 22.9. The molecule has 0 fully saturated rings. The van der Waals surface area contributed by atoms with E-state index in [0.29, 0.717) is 22.7 Å². The normalized spacial score (nSPS) is 12.3. The summed E-state index contributed by atoms with van der Waals surface area (Å²) in [4.78, 5) is 24.4. The van der Waals surface area contributed by atoms with Gasteiger partial charge in [-0.1, -0.05) is 18.6 Å². The molecule has 0 aliphatic heterocycles. The number of carbonyl (C=O) groups excluding carboxylic acids is 1. The van der Waals surface area contributed by atoms with Gasteiger partial charge in [0.2, 0.25) is 0 Å².